The molecule has 1 aliphatic heterocycles. The molecule has 0 fully saturated rings. The molecule has 0 spiro atoms. The van der Waals surface area contributed by atoms with Crippen LogP contribution in [0.1, 0.15) is 42.3 Å². The summed E-state index contributed by atoms with van der Waals surface area (Å²) in [5.74, 6) is 0.628. The van der Waals surface area contributed by atoms with Crippen molar-refractivity contribution in [1.82, 2.24) is 20.6 Å². The molecule has 1 atom stereocenters. The first-order valence-corrected chi connectivity index (χ1v) is 14.3. The number of nitrogens with one attached hydrogen (secondary N) is 1. The zero-order valence-corrected chi connectivity index (χ0v) is 23.0. The largest absolute Gasteiger partial charge is 0.486 e. The topological polar surface area (TPSA) is 101 Å². The Bertz CT molecular complexity index is 1610. The summed E-state index contributed by atoms with van der Waals surface area (Å²) in [6.45, 7) is 3.76. The third-order valence-corrected chi connectivity index (χ3v) is 8.64. The number of aromatic amines is 1. The van der Waals surface area contributed by atoms with Gasteiger partial charge in [-0.05, 0) is 79.8 Å². The number of H-pyrrole nitrogens is 1. The molecule has 0 saturated carbocycles. The first-order chi connectivity index (χ1) is 18.7. The summed E-state index contributed by atoms with van der Waals surface area (Å²) in [6.07, 6.45) is 3.29. The van der Waals surface area contributed by atoms with Gasteiger partial charge in [-0.1, -0.05) is 47.2 Å². The van der Waals surface area contributed by atoms with Gasteiger partial charge < -0.3 is 4.74 Å². The minimum atomic E-state index is -3.90. The third kappa shape index (κ3) is 5.81. The van der Waals surface area contributed by atoms with Gasteiger partial charge in [-0.2, -0.15) is 5.21 Å². The number of halogens is 2. The normalized spacial score (nSPS) is 15.6. The molecule has 2 heterocycles. The molecule has 4 aromatic rings. The average molecular weight is 568 g/mol. The predicted molar refractivity (Wildman–Crippen MR) is 149 cm³/mol. The average Bonchev–Trinajstić information content (AvgIpc) is 3.42. The van der Waals surface area contributed by atoms with Gasteiger partial charge in [0.15, 0.2) is 5.82 Å². The number of ether oxygens (including phenoxy) is 1. The SMILES string of the molecule is C/C(=C\c1ccc2c(c1)N(S(=O)(=O)c1cccc(C)c1)C[C@H](CCCc1nn[nH]n1)O2)c1c(F)cccc1Cl. The van der Waals surface area contributed by atoms with Crippen molar-refractivity contribution in [3.8, 4) is 5.75 Å². The van der Waals surface area contributed by atoms with E-state index in [1.807, 2.05) is 19.1 Å². The Balaban J connectivity index is 1.50. The lowest BCUT2D eigenvalue weighted by Gasteiger charge is -2.36. The van der Waals surface area contributed by atoms with Gasteiger partial charge in [-0.25, -0.2) is 12.8 Å². The number of nitrogens with zero attached hydrogens (tertiary/aromatic N) is 4. The van der Waals surface area contributed by atoms with Crippen LogP contribution >= 0.6 is 11.6 Å². The maximum absolute atomic E-state index is 14.5. The molecular weight excluding hydrogens is 541 g/mol. The van der Waals surface area contributed by atoms with Gasteiger partial charge >= 0.3 is 0 Å². The molecule has 202 valence electrons. The third-order valence-electron chi connectivity index (χ3n) is 6.55. The highest BCUT2D eigenvalue weighted by Crippen LogP contribution is 2.39. The van der Waals surface area contributed by atoms with Crippen LogP contribution in [0.2, 0.25) is 5.02 Å². The standard InChI is InChI=1S/C28H27ClFN5O3S/c1-18-6-3-8-22(14-18)39(36,37)35-17-21(7-4-11-27-31-33-34-32-27)38-26-13-12-20(16-25(26)35)15-19(2)28-23(29)9-5-10-24(28)30/h3,5-6,8-10,12-16,21H,4,7,11,17H2,1-2H3,(H,31,32,33,34)/b19-15+/t21-/m0/s1. The summed E-state index contributed by atoms with van der Waals surface area (Å²) in [5, 5.41) is 14.3. The molecule has 0 unspecified atom stereocenters. The lowest BCUT2D eigenvalue weighted by atomic mass is 10.0. The first-order valence-electron chi connectivity index (χ1n) is 12.5. The Labute approximate surface area is 231 Å². The predicted octanol–water partition coefficient (Wildman–Crippen LogP) is 5.84. The fourth-order valence-corrected chi connectivity index (χ4v) is 6.59. The Hall–Kier alpha value is -3.76. The van der Waals surface area contributed by atoms with Crippen molar-refractivity contribution in [3.63, 3.8) is 0 Å². The molecule has 0 aliphatic carbocycles. The number of allylic oxidation sites excluding steroid dienone is 1. The summed E-state index contributed by atoms with van der Waals surface area (Å²) < 4.78 is 50.0. The lowest BCUT2D eigenvalue weighted by molar-refractivity contribution is 0.187. The van der Waals surface area contributed by atoms with E-state index in [9.17, 15) is 12.8 Å². The van der Waals surface area contributed by atoms with E-state index in [1.165, 1.54) is 10.4 Å². The van der Waals surface area contributed by atoms with Crippen molar-refractivity contribution in [2.75, 3.05) is 10.8 Å². The van der Waals surface area contributed by atoms with E-state index in [4.69, 9.17) is 16.3 Å². The number of hydrogen-bond acceptors (Lipinski definition) is 6. The van der Waals surface area contributed by atoms with E-state index in [0.29, 0.717) is 58.2 Å². The minimum absolute atomic E-state index is 0.140. The monoisotopic (exact) mass is 567 g/mol. The van der Waals surface area contributed by atoms with Crippen molar-refractivity contribution >= 4 is 39.0 Å². The molecule has 8 nitrogen and oxygen atoms in total. The van der Waals surface area contributed by atoms with Crippen LogP contribution in [0.25, 0.3) is 11.6 Å². The van der Waals surface area contributed by atoms with Crippen LogP contribution in [0.3, 0.4) is 0 Å². The van der Waals surface area contributed by atoms with Gasteiger partial charge in [-0.15, -0.1) is 10.2 Å². The second-order valence-electron chi connectivity index (χ2n) is 9.46. The molecule has 39 heavy (non-hydrogen) atoms. The molecule has 0 radical (unpaired) electrons. The van der Waals surface area contributed by atoms with E-state index in [0.717, 1.165) is 5.56 Å². The molecule has 1 N–H and O–H groups in total. The van der Waals surface area contributed by atoms with Crippen LogP contribution < -0.4 is 9.04 Å². The van der Waals surface area contributed by atoms with Gasteiger partial charge in [0.25, 0.3) is 10.0 Å². The summed E-state index contributed by atoms with van der Waals surface area (Å²) >= 11 is 6.26. The highest BCUT2D eigenvalue weighted by Gasteiger charge is 2.34. The Morgan fingerprint density at radius 1 is 1.21 bits per heavy atom. The highest BCUT2D eigenvalue weighted by atomic mass is 35.5. The van der Waals surface area contributed by atoms with Gasteiger partial charge in [0.2, 0.25) is 0 Å². The van der Waals surface area contributed by atoms with Crippen LogP contribution in [0.5, 0.6) is 5.75 Å². The molecule has 0 saturated heterocycles. The number of tetrazole rings is 1. The Morgan fingerprint density at radius 3 is 2.77 bits per heavy atom. The quantitative estimate of drug-likeness (QED) is 0.268. The zero-order valence-electron chi connectivity index (χ0n) is 21.4. The molecular formula is C28H27ClFN5O3S. The van der Waals surface area contributed by atoms with Crippen molar-refractivity contribution in [1.29, 1.82) is 0 Å². The van der Waals surface area contributed by atoms with Crippen molar-refractivity contribution < 1.29 is 17.5 Å². The van der Waals surface area contributed by atoms with Gasteiger partial charge in [-0.3, -0.25) is 4.31 Å². The summed E-state index contributed by atoms with van der Waals surface area (Å²) in [6, 6.07) is 16.7. The fraction of sp³-hybridized carbons (Fsp3) is 0.250. The number of fused-ring (bicyclic) bond motifs is 1. The van der Waals surface area contributed by atoms with Crippen LogP contribution in [0, 0.1) is 12.7 Å². The maximum Gasteiger partial charge on any atom is 0.264 e. The van der Waals surface area contributed by atoms with Crippen LogP contribution in [-0.4, -0.2) is 41.7 Å². The number of hydrogen-bond donors (Lipinski definition) is 1. The smallest absolute Gasteiger partial charge is 0.264 e. The van der Waals surface area contributed by atoms with E-state index in [1.54, 1.807) is 55.5 Å². The number of anilines is 1. The molecule has 1 aliphatic rings. The summed E-state index contributed by atoms with van der Waals surface area (Å²) in [5.41, 5.74) is 2.87. The van der Waals surface area contributed by atoms with E-state index >= 15 is 0 Å². The molecule has 5 rings (SSSR count). The molecule has 0 bridgehead atoms. The highest BCUT2D eigenvalue weighted by molar-refractivity contribution is 7.92. The van der Waals surface area contributed by atoms with E-state index in [-0.39, 0.29) is 17.5 Å². The molecule has 3 aromatic carbocycles. The molecule has 0 amide bonds. The fourth-order valence-electron chi connectivity index (χ4n) is 4.67. The van der Waals surface area contributed by atoms with Crippen molar-refractivity contribution in [2.45, 2.75) is 44.1 Å². The Morgan fingerprint density at radius 2 is 2.03 bits per heavy atom. The van der Waals surface area contributed by atoms with E-state index in [2.05, 4.69) is 20.6 Å². The maximum atomic E-state index is 14.5. The molecule has 1 aromatic heterocycles. The van der Waals surface area contributed by atoms with Crippen LogP contribution in [0.15, 0.2) is 65.6 Å². The van der Waals surface area contributed by atoms with Gasteiger partial charge in [0, 0.05) is 12.0 Å². The van der Waals surface area contributed by atoms with E-state index < -0.39 is 15.8 Å². The first kappa shape index (κ1) is 26.8. The number of aromatic nitrogens is 4. The van der Waals surface area contributed by atoms with Gasteiger partial charge in [0.05, 0.1) is 22.2 Å². The van der Waals surface area contributed by atoms with Crippen LogP contribution in [-0.2, 0) is 16.4 Å². The van der Waals surface area contributed by atoms with Gasteiger partial charge in [0.1, 0.15) is 17.7 Å². The van der Waals surface area contributed by atoms with Crippen LogP contribution in [0.4, 0.5) is 10.1 Å². The van der Waals surface area contributed by atoms with Crippen molar-refractivity contribution in [3.05, 3.63) is 94.0 Å². The second-order valence-corrected chi connectivity index (χ2v) is 11.7. The molecule has 11 heteroatoms. The lowest BCUT2D eigenvalue weighted by Crippen LogP contribution is -2.43. The second kappa shape index (κ2) is 11.2. The number of benzene rings is 3. The Kier molecular flexibility index (Phi) is 7.67. The summed E-state index contributed by atoms with van der Waals surface area (Å²) in [4.78, 5) is 0.205. The number of rotatable bonds is 8. The van der Waals surface area contributed by atoms with Crippen molar-refractivity contribution in [2.24, 2.45) is 0 Å². The number of sulfonamides is 1. The summed E-state index contributed by atoms with van der Waals surface area (Å²) in [7, 11) is -3.90. The minimum Gasteiger partial charge on any atom is -0.486 e. The number of aryl methyl sites for hydroxylation is 2. The zero-order chi connectivity index (χ0) is 27.6.